The molecule has 9 nitrogen and oxygen atoms in total. The average Bonchev–Trinajstić information content (AvgIpc) is 3.65. The van der Waals surface area contributed by atoms with Crippen LogP contribution in [0, 0.1) is 5.92 Å². The van der Waals surface area contributed by atoms with E-state index in [-0.39, 0.29) is 5.91 Å². The largest absolute Gasteiger partial charge is 0.493 e. The molecule has 36 heavy (non-hydrogen) atoms. The highest BCUT2D eigenvalue weighted by Gasteiger charge is 2.27. The summed E-state index contributed by atoms with van der Waals surface area (Å²) in [5.74, 6) is 2.99. The van der Waals surface area contributed by atoms with E-state index in [4.69, 9.17) is 24.9 Å². The first-order valence-electron chi connectivity index (χ1n) is 12.6. The van der Waals surface area contributed by atoms with E-state index in [1.807, 2.05) is 35.2 Å². The lowest BCUT2D eigenvalue weighted by atomic mass is 10.1. The molecule has 194 valence electrons. The van der Waals surface area contributed by atoms with Gasteiger partial charge in [-0.3, -0.25) is 4.79 Å². The molecule has 0 spiro atoms. The van der Waals surface area contributed by atoms with Gasteiger partial charge in [0.2, 0.25) is 11.7 Å². The summed E-state index contributed by atoms with van der Waals surface area (Å²) in [7, 11) is 4.74. The van der Waals surface area contributed by atoms with Gasteiger partial charge in [0.15, 0.2) is 11.5 Å². The fourth-order valence-corrected chi connectivity index (χ4v) is 4.45. The Kier molecular flexibility index (Phi) is 8.20. The van der Waals surface area contributed by atoms with Gasteiger partial charge in [-0.25, -0.2) is 4.98 Å². The molecule has 0 saturated heterocycles. The number of ether oxygens (including phenoxy) is 3. The Hall–Kier alpha value is -3.46. The topological polar surface area (TPSA) is 104 Å². The van der Waals surface area contributed by atoms with Crippen LogP contribution in [0.1, 0.15) is 43.0 Å². The molecule has 0 atom stereocenters. The summed E-state index contributed by atoms with van der Waals surface area (Å²) in [5, 5.41) is 3.40. The average molecular weight is 496 g/mol. The Balaban J connectivity index is 1.70. The lowest BCUT2D eigenvalue weighted by Gasteiger charge is -2.22. The molecule has 1 saturated carbocycles. The number of fused-ring (bicyclic) bond motifs is 1. The van der Waals surface area contributed by atoms with Crippen molar-refractivity contribution in [3.05, 3.63) is 35.9 Å². The third-order valence-corrected chi connectivity index (χ3v) is 6.46. The summed E-state index contributed by atoms with van der Waals surface area (Å²) in [6.07, 6.45) is 4.15. The smallest absolute Gasteiger partial charge is 0.253 e. The first kappa shape index (κ1) is 25.6. The molecule has 3 aromatic rings. The molecular weight excluding hydrogens is 458 g/mol. The monoisotopic (exact) mass is 495 g/mol. The standard InChI is InChI=1S/C27H37N5O4/c1-5-12-31(17-18-7-8-18)26(33)19-9-10-21-22(14-19)32(13-6-11-28)27(30-21)29-20-15-23(34-2)25(36-4)24(16-20)35-3/h9-10,14-16,18H,5-8,11-13,17,28H2,1-4H3,(H,29,30). The van der Waals surface area contributed by atoms with Gasteiger partial charge in [0.1, 0.15) is 0 Å². The van der Waals surface area contributed by atoms with Crippen molar-refractivity contribution in [2.45, 2.75) is 39.2 Å². The number of hydrogen-bond acceptors (Lipinski definition) is 7. The van der Waals surface area contributed by atoms with Gasteiger partial charge in [0.05, 0.1) is 32.4 Å². The Morgan fingerprint density at radius 2 is 1.86 bits per heavy atom. The van der Waals surface area contributed by atoms with Gasteiger partial charge in [0, 0.05) is 43.0 Å². The molecule has 1 aromatic heterocycles. The first-order chi connectivity index (χ1) is 17.5. The van der Waals surface area contributed by atoms with Crippen LogP contribution in [0.15, 0.2) is 30.3 Å². The lowest BCUT2D eigenvalue weighted by molar-refractivity contribution is 0.0748. The molecule has 0 unspecified atom stereocenters. The minimum atomic E-state index is 0.0800. The van der Waals surface area contributed by atoms with Gasteiger partial charge in [-0.15, -0.1) is 0 Å². The lowest BCUT2D eigenvalue weighted by Crippen LogP contribution is -2.33. The summed E-state index contributed by atoms with van der Waals surface area (Å²) in [6, 6.07) is 9.43. The summed E-state index contributed by atoms with van der Waals surface area (Å²) in [5.41, 5.74) is 8.97. The van der Waals surface area contributed by atoms with Crippen molar-refractivity contribution in [3.8, 4) is 17.2 Å². The molecule has 3 N–H and O–H groups in total. The van der Waals surface area contributed by atoms with E-state index in [9.17, 15) is 4.79 Å². The Morgan fingerprint density at radius 3 is 2.44 bits per heavy atom. The van der Waals surface area contributed by atoms with Crippen LogP contribution in [0.2, 0.25) is 0 Å². The molecule has 1 aliphatic carbocycles. The number of nitrogens with zero attached hydrogens (tertiary/aromatic N) is 3. The van der Waals surface area contributed by atoms with E-state index in [1.54, 1.807) is 21.3 Å². The number of imidazole rings is 1. The molecule has 9 heteroatoms. The molecule has 0 bridgehead atoms. The molecule has 1 aliphatic rings. The van der Waals surface area contributed by atoms with Gasteiger partial charge in [-0.2, -0.15) is 0 Å². The SMILES string of the molecule is CCCN(CC1CC1)C(=O)c1ccc2nc(Nc3cc(OC)c(OC)c(OC)c3)n(CCCN)c2c1. The van der Waals surface area contributed by atoms with Crippen LogP contribution in [-0.4, -0.2) is 61.3 Å². The van der Waals surface area contributed by atoms with E-state index in [2.05, 4.69) is 16.8 Å². The maximum atomic E-state index is 13.4. The van der Waals surface area contributed by atoms with E-state index in [0.29, 0.717) is 47.8 Å². The molecule has 1 heterocycles. The Labute approximate surface area is 212 Å². The van der Waals surface area contributed by atoms with Crippen LogP contribution in [-0.2, 0) is 6.54 Å². The van der Waals surface area contributed by atoms with Crippen LogP contribution in [0.5, 0.6) is 17.2 Å². The first-order valence-corrected chi connectivity index (χ1v) is 12.6. The van der Waals surface area contributed by atoms with Crippen molar-refractivity contribution < 1.29 is 19.0 Å². The predicted molar refractivity (Wildman–Crippen MR) is 142 cm³/mol. The zero-order valence-electron chi connectivity index (χ0n) is 21.7. The molecule has 1 fully saturated rings. The van der Waals surface area contributed by atoms with Crippen molar-refractivity contribution in [2.24, 2.45) is 11.7 Å². The maximum Gasteiger partial charge on any atom is 0.253 e. The van der Waals surface area contributed by atoms with E-state index >= 15 is 0 Å². The molecule has 0 radical (unpaired) electrons. The molecular formula is C27H37N5O4. The number of nitrogens with one attached hydrogen (secondary N) is 1. The second-order valence-electron chi connectivity index (χ2n) is 9.17. The van der Waals surface area contributed by atoms with Crippen LogP contribution < -0.4 is 25.3 Å². The van der Waals surface area contributed by atoms with Crippen molar-refractivity contribution in [2.75, 3.05) is 46.3 Å². The van der Waals surface area contributed by atoms with Gasteiger partial charge < -0.3 is 34.7 Å². The van der Waals surface area contributed by atoms with Crippen molar-refractivity contribution in [1.82, 2.24) is 14.5 Å². The highest BCUT2D eigenvalue weighted by Crippen LogP contribution is 2.41. The summed E-state index contributed by atoms with van der Waals surface area (Å²) >= 11 is 0. The molecule has 4 rings (SSSR count). The fraction of sp³-hybridized carbons (Fsp3) is 0.481. The number of carbonyl (C=O) groups excluding carboxylic acids is 1. The fourth-order valence-electron chi connectivity index (χ4n) is 4.45. The maximum absolute atomic E-state index is 13.4. The number of benzene rings is 2. The Morgan fingerprint density at radius 1 is 1.14 bits per heavy atom. The zero-order chi connectivity index (χ0) is 25.7. The number of aromatic nitrogens is 2. The molecule has 0 aliphatic heterocycles. The highest BCUT2D eigenvalue weighted by atomic mass is 16.5. The number of hydrogen-bond donors (Lipinski definition) is 2. The van der Waals surface area contributed by atoms with Gasteiger partial charge in [0.25, 0.3) is 5.91 Å². The minimum Gasteiger partial charge on any atom is -0.493 e. The highest BCUT2D eigenvalue weighted by molar-refractivity contribution is 5.98. The number of anilines is 2. The summed E-state index contributed by atoms with van der Waals surface area (Å²) in [6.45, 7) is 4.93. The second kappa shape index (κ2) is 11.5. The number of nitrogens with two attached hydrogens (primary N) is 1. The van der Waals surface area contributed by atoms with Gasteiger partial charge in [-0.05, 0) is 56.3 Å². The number of carbonyl (C=O) groups is 1. The van der Waals surface area contributed by atoms with Crippen molar-refractivity contribution >= 4 is 28.6 Å². The molecule has 2 aromatic carbocycles. The predicted octanol–water partition coefficient (Wildman–Crippen LogP) is 4.42. The quantitative estimate of drug-likeness (QED) is 0.362. The number of aryl methyl sites for hydroxylation is 1. The Bertz CT molecular complexity index is 1180. The summed E-state index contributed by atoms with van der Waals surface area (Å²) in [4.78, 5) is 20.2. The number of amides is 1. The van der Waals surface area contributed by atoms with Crippen LogP contribution in [0.4, 0.5) is 11.6 Å². The van der Waals surface area contributed by atoms with Gasteiger partial charge in [-0.1, -0.05) is 6.92 Å². The second-order valence-corrected chi connectivity index (χ2v) is 9.17. The number of rotatable bonds is 13. The van der Waals surface area contributed by atoms with E-state index in [0.717, 1.165) is 42.7 Å². The van der Waals surface area contributed by atoms with Crippen LogP contribution >= 0.6 is 0 Å². The zero-order valence-corrected chi connectivity index (χ0v) is 21.7. The minimum absolute atomic E-state index is 0.0800. The van der Waals surface area contributed by atoms with Crippen molar-refractivity contribution in [3.63, 3.8) is 0 Å². The number of methoxy groups -OCH3 is 3. The normalized spacial score (nSPS) is 13.0. The van der Waals surface area contributed by atoms with Crippen LogP contribution in [0.25, 0.3) is 11.0 Å². The van der Waals surface area contributed by atoms with Crippen molar-refractivity contribution in [1.29, 1.82) is 0 Å². The van der Waals surface area contributed by atoms with E-state index in [1.165, 1.54) is 12.8 Å². The third kappa shape index (κ3) is 5.51. The third-order valence-electron chi connectivity index (χ3n) is 6.46. The summed E-state index contributed by atoms with van der Waals surface area (Å²) < 4.78 is 18.5. The molecule has 1 amide bonds. The van der Waals surface area contributed by atoms with Gasteiger partial charge >= 0.3 is 0 Å². The van der Waals surface area contributed by atoms with E-state index < -0.39 is 0 Å². The van der Waals surface area contributed by atoms with Crippen LogP contribution in [0.3, 0.4) is 0 Å².